The number of nitriles is 1. The van der Waals surface area contributed by atoms with E-state index in [2.05, 4.69) is 20.4 Å². The minimum atomic E-state index is -0.284. The average molecular weight is 333 g/mol. The second-order valence-electron chi connectivity index (χ2n) is 5.47. The maximum Gasteiger partial charge on any atom is 0.251 e. The lowest BCUT2D eigenvalue weighted by Crippen LogP contribution is -2.27. The molecule has 0 saturated heterocycles. The Kier molecular flexibility index (Phi) is 4.81. The van der Waals surface area contributed by atoms with Crippen molar-refractivity contribution in [2.24, 2.45) is 0 Å². The fourth-order valence-corrected chi connectivity index (χ4v) is 2.21. The van der Waals surface area contributed by atoms with Gasteiger partial charge in [0, 0.05) is 23.9 Å². The zero-order valence-corrected chi connectivity index (χ0v) is 13.5. The van der Waals surface area contributed by atoms with Gasteiger partial charge in [0.2, 0.25) is 11.7 Å². The predicted octanol–water partition coefficient (Wildman–Crippen LogP) is 2.54. The number of aromatic nitrogens is 3. The molecule has 25 heavy (non-hydrogen) atoms. The number of rotatable bonds is 5. The van der Waals surface area contributed by atoms with Crippen molar-refractivity contribution < 1.29 is 9.32 Å². The highest BCUT2D eigenvalue weighted by Gasteiger charge is 2.16. The number of pyridine rings is 1. The molecule has 0 fully saturated rings. The number of benzene rings is 1. The van der Waals surface area contributed by atoms with Crippen molar-refractivity contribution >= 4 is 5.91 Å². The van der Waals surface area contributed by atoms with Crippen LogP contribution in [0, 0.1) is 11.3 Å². The van der Waals surface area contributed by atoms with Crippen LogP contribution in [0.3, 0.4) is 0 Å². The quantitative estimate of drug-likeness (QED) is 0.769. The van der Waals surface area contributed by atoms with Gasteiger partial charge < -0.3 is 9.84 Å². The van der Waals surface area contributed by atoms with Crippen molar-refractivity contribution in [1.29, 1.82) is 5.26 Å². The normalized spacial score (nSPS) is 11.5. The minimum absolute atomic E-state index is 0.147. The summed E-state index contributed by atoms with van der Waals surface area (Å²) < 4.78 is 5.29. The molecule has 0 aliphatic heterocycles. The van der Waals surface area contributed by atoms with E-state index in [-0.39, 0.29) is 17.5 Å². The summed E-state index contributed by atoms with van der Waals surface area (Å²) in [5, 5.41) is 15.6. The van der Waals surface area contributed by atoms with Crippen molar-refractivity contribution in [3.05, 3.63) is 65.8 Å². The van der Waals surface area contributed by atoms with Crippen LogP contribution in [0.1, 0.15) is 34.8 Å². The number of nitrogens with one attached hydrogen (secondary N) is 1. The first-order chi connectivity index (χ1) is 12.2. The van der Waals surface area contributed by atoms with Crippen molar-refractivity contribution in [2.45, 2.75) is 12.8 Å². The first-order valence-corrected chi connectivity index (χ1v) is 7.70. The summed E-state index contributed by atoms with van der Waals surface area (Å²) in [6.07, 6.45) is 1.43. The van der Waals surface area contributed by atoms with Crippen molar-refractivity contribution in [3.8, 4) is 17.5 Å². The van der Waals surface area contributed by atoms with Crippen LogP contribution in [0.4, 0.5) is 0 Å². The summed E-state index contributed by atoms with van der Waals surface area (Å²) in [6.45, 7) is 2.22. The molecule has 1 atom stereocenters. The molecule has 2 heterocycles. The molecule has 1 N–H and O–H groups in total. The fourth-order valence-electron chi connectivity index (χ4n) is 2.21. The van der Waals surface area contributed by atoms with E-state index in [1.54, 1.807) is 6.07 Å². The van der Waals surface area contributed by atoms with Crippen LogP contribution < -0.4 is 5.32 Å². The van der Waals surface area contributed by atoms with Gasteiger partial charge in [0.15, 0.2) is 0 Å². The van der Waals surface area contributed by atoms with E-state index in [9.17, 15) is 4.79 Å². The van der Waals surface area contributed by atoms with Crippen LogP contribution >= 0.6 is 0 Å². The van der Waals surface area contributed by atoms with E-state index in [0.717, 1.165) is 5.56 Å². The average Bonchev–Trinajstić information content (AvgIpc) is 3.17. The second kappa shape index (κ2) is 7.36. The van der Waals surface area contributed by atoms with E-state index in [0.29, 0.717) is 23.8 Å². The summed E-state index contributed by atoms with van der Waals surface area (Å²) in [4.78, 5) is 20.4. The highest BCUT2D eigenvalue weighted by molar-refractivity contribution is 5.94. The summed E-state index contributed by atoms with van der Waals surface area (Å²) in [7, 11) is 0. The predicted molar refractivity (Wildman–Crippen MR) is 89.4 cm³/mol. The summed E-state index contributed by atoms with van der Waals surface area (Å²) in [6, 6.07) is 14.4. The topological polar surface area (TPSA) is 105 Å². The SMILES string of the molecule is CC(CNC(=O)c1ccnc(C#N)c1)c1nc(-c2ccccc2)no1. The van der Waals surface area contributed by atoms with E-state index in [1.807, 2.05) is 43.3 Å². The van der Waals surface area contributed by atoms with Crippen LogP contribution in [0.2, 0.25) is 0 Å². The Morgan fingerprint density at radius 1 is 1.32 bits per heavy atom. The fraction of sp³-hybridized carbons (Fsp3) is 0.167. The molecule has 7 heteroatoms. The third-order valence-electron chi connectivity index (χ3n) is 3.60. The first kappa shape index (κ1) is 16.3. The van der Waals surface area contributed by atoms with Crippen LogP contribution in [-0.2, 0) is 0 Å². The standard InChI is InChI=1S/C18H15N5O2/c1-12(11-21-17(24)14-7-8-20-15(9-14)10-19)18-22-16(23-25-18)13-5-3-2-4-6-13/h2-9,12H,11H2,1H3,(H,21,24). The highest BCUT2D eigenvalue weighted by atomic mass is 16.5. The molecule has 0 saturated carbocycles. The van der Waals surface area contributed by atoms with Gasteiger partial charge in [0.1, 0.15) is 11.8 Å². The molecule has 1 aromatic carbocycles. The monoisotopic (exact) mass is 333 g/mol. The number of hydrogen-bond acceptors (Lipinski definition) is 6. The van der Waals surface area contributed by atoms with Crippen molar-refractivity contribution in [3.63, 3.8) is 0 Å². The van der Waals surface area contributed by atoms with E-state index < -0.39 is 0 Å². The lowest BCUT2D eigenvalue weighted by molar-refractivity contribution is 0.0950. The number of carbonyl (C=O) groups is 1. The van der Waals surface area contributed by atoms with Crippen LogP contribution in [0.5, 0.6) is 0 Å². The van der Waals surface area contributed by atoms with Gasteiger partial charge in [0.25, 0.3) is 5.91 Å². The van der Waals surface area contributed by atoms with Gasteiger partial charge in [0.05, 0.1) is 5.92 Å². The Balaban J connectivity index is 1.63. The summed E-state index contributed by atoms with van der Waals surface area (Å²) in [5.74, 6) is 0.535. The molecule has 0 radical (unpaired) electrons. The largest absolute Gasteiger partial charge is 0.351 e. The van der Waals surface area contributed by atoms with Crippen molar-refractivity contribution in [2.75, 3.05) is 6.54 Å². The van der Waals surface area contributed by atoms with Gasteiger partial charge in [-0.25, -0.2) is 4.98 Å². The molecule has 3 rings (SSSR count). The Labute approximate surface area is 144 Å². The molecular formula is C18H15N5O2. The summed E-state index contributed by atoms with van der Waals surface area (Å²) in [5.41, 5.74) is 1.45. The van der Waals surface area contributed by atoms with E-state index in [1.165, 1.54) is 12.3 Å². The molecule has 0 aliphatic rings. The molecule has 0 spiro atoms. The number of nitrogens with zero attached hydrogens (tertiary/aromatic N) is 4. The van der Waals surface area contributed by atoms with Gasteiger partial charge >= 0.3 is 0 Å². The molecule has 2 aromatic heterocycles. The molecule has 3 aromatic rings. The molecule has 1 amide bonds. The Morgan fingerprint density at radius 3 is 2.88 bits per heavy atom. The van der Waals surface area contributed by atoms with Crippen LogP contribution in [0.15, 0.2) is 53.2 Å². The second-order valence-corrected chi connectivity index (χ2v) is 5.47. The lowest BCUT2D eigenvalue weighted by atomic mass is 10.1. The number of amides is 1. The third-order valence-corrected chi connectivity index (χ3v) is 3.60. The van der Waals surface area contributed by atoms with Gasteiger partial charge in [-0.3, -0.25) is 4.79 Å². The van der Waals surface area contributed by atoms with E-state index in [4.69, 9.17) is 9.78 Å². The Hall–Kier alpha value is -3.53. The van der Waals surface area contributed by atoms with Crippen LogP contribution in [-0.4, -0.2) is 27.6 Å². The molecular weight excluding hydrogens is 318 g/mol. The van der Waals surface area contributed by atoms with Crippen LogP contribution in [0.25, 0.3) is 11.4 Å². The summed E-state index contributed by atoms with van der Waals surface area (Å²) >= 11 is 0. The molecule has 124 valence electrons. The van der Waals surface area contributed by atoms with Gasteiger partial charge in [-0.05, 0) is 12.1 Å². The third kappa shape index (κ3) is 3.87. The zero-order valence-electron chi connectivity index (χ0n) is 13.5. The molecule has 0 bridgehead atoms. The Morgan fingerprint density at radius 2 is 2.12 bits per heavy atom. The maximum atomic E-state index is 12.2. The smallest absolute Gasteiger partial charge is 0.251 e. The Bertz CT molecular complexity index is 914. The lowest BCUT2D eigenvalue weighted by Gasteiger charge is -2.08. The number of hydrogen-bond donors (Lipinski definition) is 1. The zero-order chi connectivity index (χ0) is 17.6. The van der Waals surface area contributed by atoms with Crippen molar-refractivity contribution in [1.82, 2.24) is 20.4 Å². The first-order valence-electron chi connectivity index (χ1n) is 7.70. The van der Waals surface area contributed by atoms with Gasteiger partial charge in [-0.2, -0.15) is 10.2 Å². The highest BCUT2D eigenvalue weighted by Crippen LogP contribution is 2.19. The maximum absolute atomic E-state index is 12.2. The van der Waals surface area contributed by atoms with E-state index >= 15 is 0 Å². The molecule has 0 aliphatic carbocycles. The number of carbonyl (C=O) groups excluding carboxylic acids is 1. The van der Waals surface area contributed by atoms with Gasteiger partial charge in [-0.1, -0.05) is 42.4 Å². The molecule has 7 nitrogen and oxygen atoms in total. The molecule has 1 unspecified atom stereocenters. The van der Waals surface area contributed by atoms with Gasteiger partial charge in [-0.15, -0.1) is 0 Å². The minimum Gasteiger partial charge on any atom is -0.351 e.